The van der Waals surface area contributed by atoms with Crippen molar-refractivity contribution < 1.29 is 4.74 Å². The molecule has 2 aromatic rings. The van der Waals surface area contributed by atoms with Gasteiger partial charge in [0.05, 0.1) is 5.54 Å². The lowest BCUT2D eigenvalue weighted by Gasteiger charge is -2.24. The van der Waals surface area contributed by atoms with Gasteiger partial charge in [-0.3, -0.25) is 4.68 Å². The third-order valence-corrected chi connectivity index (χ3v) is 4.12. The molecule has 2 N–H and O–H groups in total. The second-order valence-corrected chi connectivity index (χ2v) is 6.99. The molecule has 1 aliphatic carbocycles. The van der Waals surface area contributed by atoms with Gasteiger partial charge in [-0.1, -0.05) is 6.07 Å². The summed E-state index contributed by atoms with van der Waals surface area (Å²) < 4.78 is 8.05. The number of rotatable bonds is 3. The van der Waals surface area contributed by atoms with E-state index in [-0.39, 0.29) is 11.6 Å². The first-order valence-electron chi connectivity index (χ1n) is 7.87. The van der Waals surface area contributed by atoms with Gasteiger partial charge in [-0.15, -0.1) is 0 Å². The molecule has 0 aromatic carbocycles. The van der Waals surface area contributed by atoms with Crippen molar-refractivity contribution in [2.45, 2.75) is 57.6 Å². The second kappa shape index (κ2) is 5.63. The van der Waals surface area contributed by atoms with Gasteiger partial charge in [0.25, 0.3) is 0 Å². The molecule has 1 saturated carbocycles. The first-order chi connectivity index (χ1) is 10.4. The summed E-state index contributed by atoms with van der Waals surface area (Å²) in [6.07, 6.45) is 5.09. The molecule has 2 aromatic heterocycles. The van der Waals surface area contributed by atoms with Crippen molar-refractivity contribution in [1.29, 1.82) is 0 Å². The van der Waals surface area contributed by atoms with E-state index in [0.29, 0.717) is 17.6 Å². The average molecular weight is 300 g/mol. The van der Waals surface area contributed by atoms with Crippen LogP contribution in [-0.4, -0.2) is 20.9 Å². The van der Waals surface area contributed by atoms with Crippen LogP contribution in [0.25, 0.3) is 0 Å². The predicted molar refractivity (Wildman–Crippen MR) is 86.9 cm³/mol. The molecule has 0 aliphatic heterocycles. The maximum absolute atomic E-state index is 5.99. The van der Waals surface area contributed by atoms with Gasteiger partial charge in [0, 0.05) is 29.9 Å². The molecule has 1 aliphatic rings. The Bertz CT molecular complexity index is 630. The Labute approximate surface area is 131 Å². The molecule has 3 rings (SSSR count). The number of anilines is 1. The van der Waals surface area contributed by atoms with E-state index in [4.69, 9.17) is 10.5 Å². The number of nitrogen functional groups attached to an aromatic ring is 1. The Hall–Kier alpha value is -2.04. The van der Waals surface area contributed by atoms with Gasteiger partial charge >= 0.3 is 0 Å². The molecule has 0 bridgehead atoms. The number of nitrogens with zero attached hydrogens (tertiary/aromatic N) is 3. The summed E-state index contributed by atoms with van der Waals surface area (Å²) in [6, 6.07) is 7.77. The largest absolute Gasteiger partial charge is 0.474 e. The van der Waals surface area contributed by atoms with E-state index >= 15 is 0 Å². The third kappa shape index (κ3) is 3.08. The molecule has 0 amide bonds. The van der Waals surface area contributed by atoms with Crippen molar-refractivity contribution in [2.75, 3.05) is 5.73 Å². The van der Waals surface area contributed by atoms with Crippen molar-refractivity contribution in [3.63, 3.8) is 0 Å². The third-order valence-electron chi connectivity index (χ3n) is 4.12. The lowest BCUT2D eigenvalue weighted by atomic mass is 10.0. The number of ether oxygens (including phenoxy) is 1. The summed E-state index contributed by atoms with van der Waals surface area (Å²) in [6.45, 7) is 6.46. The highest BCUT2D eigenvalue weighted by Gasteiger charge is 2.32. The minimum absolute atomic E-state index is 0.0626. The summed E-state index contributed by atoms with van der Waals surface area (Å²) in [4.78, 5) is 4.24. The highest BCUT2D eigenvalue weighted by atomic mass is 16.5. The Morgan fingerprint density at radius 3 is 2.77 bits per heavy atom. The van der Waals surface area contributed by atoms with Gasteiger partial charge < -0.3 is 10.5 Å². The van der Waals surface area contributed by atoms with Crippen LogP contribution in [0.1, 0.15) is 51.6 Å². The molecule has 0 saturated heterocycles. The van der Waals surface area contributed by atoms with E-state index in [9.17, 15) is 0 Å². The number of nitrogens with two attached hydrogens (primary N) is 1. The van der Waals surface area contributed by atoms with Crippen LogP contribution in [0.3, 0.4) is 0 Å². The minimum atomic E-state index is -0.0626. The van der Waals surface area contributed by atoms with Crippen LogP contribution in [0, 0.1) is 0 Å². The Morgan fingerprint density at radius 1 is 1.27 bits per heavy atom. The maximum Gasteiger partial charge on any atom is 0.213 e. The van der Waals surface area contributed by atoms with Gasteiger partial charge in [-0.2, -0.15) is 5.10 Å². The fraction of sp³-hybridized carbons (Fsp3) is 0.529. The normalized spacial score (nSPS) is 22.0. The topological polar surface area (TPSA) is 66.0 Å². The summed E-state index contributed by atoms with van der Waals surface area (Å²) in [5.74, 6) is 1.74. The molecule has 2 atom stereocenters. The molecule has 0 radical (unpaired) electrons. The van der Waals surface area contributed by atoms with Crippen molar-refractivity contribution in [1.82, 2.24) is 14.8 Å². The molecule has 22 heavy (non-hydrogen) atoms. The van der Waals surface area contributed by atoms with Gasteiger partial charge in [0.2, 0.25) is 5.88 Å². The molecule has 2 heterocycles. The maximum atomic E-state index is 5.99. The zero-order valence-corrected chi connectivity index (χ0v) is 13.5. The van der Waals surface area contributed by atoms with Crippen molar-refractivity contribution >= 4 is 5.82 Å². The Balaban J connectivity index is 1.73. The minimum Gasteiger partial charge on any atom is -0.474 e. The molecular weight excluding hydrogens is 276 g/mol. The van der Waals surface area contributed by atoms with E-state index in [0.717, 1.165) is 19.3 Å². The van der Waals surface area contributed by atoms with Gasteiger partial charge in [-0.05, 0) is 46.1 Å². The van der Waals surface area contributed by atoms with Crippen molar-refractivity contribution in [2.24, 2.45) is 0 Å². The number of hydrogen-bond acceptors (Lipinski definition) is 4. The van der Waals surface area contributed by atoms with Crippen LogP contribution >= 0.6 is 0 Å². The number of pyridine rings is 1. The predicted octanol–water partition coefficient (Wildman–Crippen LogP) is 3.33. The summed E-state index contributed by atoms with van der Waals surface area (Å²) in [7, 11) is 0. The lowest BCUT2D eigenvalue weighted by molar-refractivity contribution is 0.198. The first kappa shape index (κ1) is 14.9. The first-order valence-corrected chi connectivity index (χ1v) is 7.87. The fourth-order valence-corrected chi connectivity index (χ4v) is 3.15. The van der Waals surface area contributed by atoms with Gasteiger partial charge in [0.1, 0.15) is 11.9 Å². The monoisotopic (exact) mass is 300 g/mol. The zero-order chi connectivity index (χ0) is 15.7. The highest BCUT2D eigenvalue weighted by Crippen LogP contribution is 2.38. The van der Waals surface area contributed by atoms with Crippen LogP contribution in [0.5, 0.6) is 5.88 Å². The lowest BCUT2D eigenvalue weighted by Crippen LogP contribution is -2.26. The molecule has 1 fully saturated rings. The Morgan fingerprint density at radius 2 is 2.09 bits per heavy atom. The van der Waals surface area contributed by atoms with E-state index in [1.54, 1.807) is 6.20 Å². The second-order valence-electron chi connectivity index (χ2n) is 6.99. The van der Waals surface area contributed by atoms with E-state index < -0.39 is 0 Å². The summed E-state index contributed by atoms with van der Waals surface area (Å²) >= 11 is 0. The molecule has 5 nitrogen and oxygen atoms in total. The van der Waals surface area contributed by atoms with Crippen LogP contribution in [-0.2, 0) is 5.54 Å². The molecule has 0 unspecified atom stereocenters. The smallest absolute Gasteiger partial charge is 0.213 e. The fourth-order valence-electron chi connectivity index (χ4n) is 3.15. The molecule has 0 spiro atoms. The quantitative estimate of drug-likeness (QED) is 0.944. The Kier molecular flexibility index (Phi) is 3.81. The van der Waals surface area contributed by atoms with Crippen LogP contribution in [0.15, 0.2) is 30.5 Å². The molecular formula is C17H24N4O. The molecule has 118 valence electrons. The average Bonchev–Trinajstić information content (AvgIpc) is 3.06. The van der Waals surface area contributed by atoms with Gasteiger partial charge in [-0.25, -0.2) is 4.98 Å². The summed E-state index contributed by atoms with van der Waals surface area (Å²) in [5, 5.41) is 4.48. The van der Waals surface area contributed by atoms with E-state index in [2.05, 4.69) is 35.5 Å². The van der Waals surface area contributed by atoms with Crippen LogP contribution < -0.4 is 10.5 Å². The zero-order valence-electron chi connectivity index (χ0n) is 13.5. The number of hydrogen-bond donors (Lipinski definition) is 1. The van der Waals surface area contributed by atoms with Crippen LogP contribution in [0.2, 0.25) is 0 Å². The van der Waals surface area contributed by atoms with E-state index in [1.165, 1.54) is 5.69 Å². The summed E-state index contributed by atoms with van der Waals surface area (Å²) in [5.41, 5.74) is 7.09. The SMILES string of the molecule is CC(C)(C)n1nc(N)cc1[C@H]1CC[C@@H](Oc2ccccn2)C1. The van der Waals surface area contributed by atoms with Gasteiger partial charge in [0.15, 0.2) is 0 Å². The van der Waals surface area contributed by atoms with Crippen molar-refractivity contribution in [3.05, 3.63) is 36.2 Å². The molecule has 5 heteroatoms. The highest BCUT2D eigenvalue weighted by molar-refractivity contribution is 5.32. The standard InChI is InChI=1S/C17H24N4O/c1-17(2,3)21-14(11-15(18)20-21)12-7-8-13(10-12)22-16-6-4-5-9-19-16/h4-6,9,11-13H,7-8,10H2,1-3H3,(H2,18,20)/t12-,13+/m0/s1. The van der Waals surface area contributed by atoms with E-state index in [1.807, 2.05) is 24.3 Å². The number of aromatic nitrogens is 3. The van der Waals surface area contributed by atoms with Crippen molar-refractivity contribution in [3.8, 4) is 5.88 Å². The van der Waals surface area contributed by atoms with Crippen LogP contribution in [0.4, 0.5) is 5.82 Å².